The Bertz CT molecular complexity index is 735. The normalized spacial score (nSPS) is 18.1. The van der Waals surface area contributed by atoms with Crippen molar-refractivity contribution in [2.45, 2.75) is 45.6 Å². The molecule has 0 aromatic heterocycles. The van der Waals surface area contributed by atoms with Gasteiger partial charge in [-0.15, -0.1) is 0 Å². The summed E-state index contributed by atoms with van der Waals surface area (Å²) >= 11 is 0. The van der Waals surface area contributed by atoms with E-state index in [1.54, 1.807) is 12.1 Å². The molecule has 2 aliphatic rings. The molecule has 1 heterocycles. The van der Waals surface area contributed by atoms with Crippen LogP contribution in [0.1, 0.15) is 49.9 Å². The molecule has 0 radical (unpaired) electrons. The number of carbonyl (C=O) groups is 3. The van der Waals surface area contributed by atoms with Crippen molar-refractivity contribution in [3.05, 3.63) is 29.8 Å². The number of nitrogens with one attached hydrogen (secondary N) is 2. The zero-order chi connectivity index (χ0) is 20.8. The zero-order valence-corrected chi connectivity index (χ0v) is 17.4. The van der Waals surface area contributed by atoms with Gasteiger partial charge in [-0.25, -0.2) is 0 Å². The Morgan fingerprint density at radius 2 is 1.69 bits per heavy atom. The second-order valence-corrected chi connectivity index (χ2v) is 8.30. The first-order chi connectivity index (χ1) is 13.9. The van der Waals surface area contributed by atoms with E-state index in [-0.39, 0.29) is 36.2 Å². The number of amides is 3. The maximum Gasteiger partial charge on any atom is 0.253 e. The first-order valence-corrected chi connectivity index (χ1v) is 10.6. The van der Waals surface area contributed by atoms with Crippen molar-refractivity contribution in [2.24, 2.45) is 5.92 Å². The molecule has 0 bridgehead atoms. The van der Waals surface area contributed by atoms with Crippen molar-refractivity contribution in [3.8, 4) is 0 Å². The van der Waals surface area contributed by atoms with Gasteiger partial charge in [-0.05, 0) is 25.0 Å². The molecule has 0 spiro atoms. The zero-order valence-electron chi connectivity index (χ0n) is 17.4. The highest BCUT2D eigenvalue weighted by Crippen LogP contribution is 2.20. The van der Waals surface area contributed by atoms with Gasteiger partial charge in [0.2, 0.25) is 11.8 Å². The third-order valence-electron chi connectivity index (χ3n) is 5.68. The Kier molecular flexibility index (Phi) is 7.25. The highest BCUT2D eigenvalue weighted by atomic mass is 16.2. The predicted octanol–water partition coefficient (Wildman–Crippen LogP) is 2.10. The number of para-hydroxylation sites is 1. The Morgan fingerprint density at radius 1 is 1.03 bits per heavy atom. The van der Waals surface area contributed by atoms with Gasteiger partial charge in [0.1, 0.15) is 0 Å². The van der Waals surface area contributed by atoms with Gasteiger partial charge in [0.25, 0.3) is 5.91 Å². The number of hydrogen-bond acceptors (Lipinski definition) is 4. The molecule has 158 valence electrons. The van der Waals surface area contributed by atoms with Crippen molar-refractivity contribution in [1.29, 1.82) is 0 Å². The van der Waals surface area contributed by atoms with Gasteiger partial charge in [0.15, 0.2) is 0 Å². The number of anilines is 1. The van der Waals surface area contributed by atoms with E-state index in [1.165, 1.54) is 0 Å². The highest BCUT2D eigenvalue weighted by Gasteiger charge is 2.24. The number of piperazine rings is 1. The van der Waals surface area contributed by atoms with Crippen LogP contribution in [-0.4, -0.2) is 66.3 Å². The van der Waals surface area contributed by atoms with Gasteiger partial charge in [0.05, 0.1) is 17.8 Å². The van der Waals surface area contributed by atoms with E-state index in [9.17, 15) is 14.4 Å². The molecule has 3 rings (SSSR count). The van der Waals surface area contributed by atoms with Crippen molar-refractivity contribution in [2.75, 3.05) is 38.0 Å². The molecule has 1 aromatic rings. The van der Waals surface area contributed by atoms with E-state index in [1.807, 2.05) is 35.8 Å². The van der Waals surface area contributed by atoms with E-state index in [0.29, 0.717) is 37.4 Å². The summed E-state index contributed by atoms with van der Waals surface area (Å²) in [7, 11) is 0. The molecule has 3 amide bonds. The molecule has 1 aliphatic carbocycles. The van der Waals surface area contributed by atoms with Gasteiger partial charge in [-0.2, -0.15) is 0 Å². The van der Waals surface area contributed by atoms with Gasteiger partial charge in [-0.3, -0.25) is 19.3 Å². The summed E-state index contributed by atoms with van der Waals surface area (Å²) in [6.45, 7) is 6.70. The summed E-state index contributed by atoms with van der Waals surface area (Å²) in [5, 5.41) is 5.97. The van der Waals surface area contributed by atoms with Gasteiger partial charge in [-0.1, -0.05) is 38.8 Å². The van der Waals surface area contributed by atoms with Crippen LogP contribution >= 0.6 is 0 Å². The largest absolute Gasteiger partial charge is 0.349 e. The summed E-state index contributed by atoms with van der Waals surface area (Å²) in [5.41, 5.74) is 1.04. The molecule has 2 fully saturated rings. The molecule has 2 N–H and O–H groups in total. The molecule has 1 aromatic carbocycles. The Hall–Kier alpha value is -2.41. The maximum absolute atomic E-state index is 12.6. The first-order valence-electron chi connectivity index (χ1n) is 10.6. The van der Waals surface area contributed by atoms with E-state index in [0.717, 1.165) is 25.7 Å². The second kappa shape index (κ2) is 9.87. The summed E-state index contributed by atoms with van der Waals surface area (Å²) in [4.78, 5) is 41.2. The van der Waals surface area contributed by atoms with E-state index in [4.69, 9.17) is 0 Å². The molecule has 1 saturated carbocycles. The quantitative estimate of drug-likeness (QED) is 0.766. The number of nitrogens with zero attached hydrogens (tertiary/aromatic N) is 2. The SMILES string of the molecule is CC(C)C(=O)N1CCN(CC(=O)Nc2ccccc2C(=O)NC2CCCC2)CC1. The van der Waals surface area contributed by atoms with Crippen LogP contribution < -0.4 is 10.6 Å². The van der Waals surface area contributed by atoms with Gasteiger partial charge < -0.3 is 15.5 Å². The minimum atomic E-state index is -0.144. The molecule has 0 unspecified atom stereocenters. The lowest BCUT2D eigenvalue weighted by atomic mass is 10.1. The molecular formula is C22H32N4O3. The van der Waals surface area contributed by atoms with E-state index in [2.05, 4.69) is 10.6 Å². The first kappa shape index (κ1) is 21.3. The van der Waals surface area contributed by atoms with Crippen LogP contribution in [0.3, 0.4) is 0 Å². The molecule has 1 saturated heterocycles. The maximum atomic E-state index is 12.6. The van der Waals surface area contributed by atoms with Crippen molar-refractivity contribution < 1.29 is 14.4 Å². The number of carbonyl (C=O) groups excluding carboxylic acids is 3. The highest BCUT2D eigenvalue weighted by molar-refractivity contribution is 6.04. The van der Waals surface area contributed by atoms with E-state index >= 15 is 0 Å². The summed E-state index contributed by atoms with van der Waals surface area (Å²) in [6, 6.07) is 7.37. The van der Waals surface area contributed by atoms with Crippen LogP contribution in [0.25, 0.3) is 0 Å². The molecule has 7 nitrogen and oxygen atoms in total. The fourth-order valence-electron chi connectivity index (χ4n) is 4.01. The van der Waals surface area contributed by atoms with Crippen LogP contribution in [-0.2, 0) is 9.59 Å². The monoisotopic (exact) mass is 400 g/mol. The van der Waals surface area contributed by atoms with Crippen LogP contribution in [0.15, 0.2) is 24.3 Å². The molecule has 29 heavy (non-hydrogen) atoms. The van der Waals surface area contributed by atoms with Crippen molar-refractivity contribution >= 4 is 23.4 Å². The third-order valence-corrected chi connectivity index (χ3v) is 5.68. The predicted molar refractivity (Wildman–Crippen MR) is 113 cm³/mol. The Labute approximate surface area is 172 Å². The average Bonchev–Trinajstić information content (AvgIpc) is 3.21. The number of rotatable bonds is 6. The fraction of sp³-hybridized carbons (Fsp3) is 0.591. The van der Waals surface area contributed by atoms with Gasteiger partial charge >= 0.3 is 0 Å². The van der Waals surface area contributed by atoms with Crippen LogP contribution in [0.4, 0.5) is 5.69 Å². The number of hydrogen-bond donors (Lipinski definition) is 2. The fourth-order valence-corrected chi connectivity index (χ4v) is 4.01. The van der Waals surface area contributed by atoms with Crippen LogP contribution in [0.2, 0.25) is 0 Å². The van der Waals surface area contributed by atoms with Gasteiger partial charge in [0, 0.05) is 38.1 Å². The topological polar surface area (TPSA) is 81.8 Å². The van der Waals surface area contributed by atoms with Crippen LogP contribution in [0.5, 0.6) is 0 Å². The lowest BCUT2D eigenvalue weighted by molar-refractivity contribution is -0.136. The smallest absolute Gasteiger partial charge is 0.253 e. The average molecular weight is 401 g/mol. The summed E-state index contributed by atoms with van der Waals surface area (Å²) in [6.07, 6.45) is 4.34. The molecule has 1 aliphatic heterocycles. The summed E-state index contributed by atoms with van der Waals surface area (Å²) < 4.78 is 0. The lowest BCUT2D eigenvalue weighted by Gasteiger charge is -2.35. The number of benzene rings is 1. The molecule has 0 atom stereocenters. The summed E-state index contributed by atoms with van der Waals surface area (Å²) in [5.74, 6) is -0.114. The van der Waals surface area contributed by atoms with Crippen molar-refractivity contribution in [3.63, 3.8) is 0 Å². The molecular weight excluding hydrogens is 368 g/mol. The van der Waals surface area contributed by atoms with E-state index < -0.39 is 0 Å². The third kappa shape index (κ3) is 5.79. The lowest BCUT2D eigenvalue weighted by Crippen LogP contribution is -2.51. The second-order valence-electron chi connectivity index (χ2n) is 8.30. The minimum Gasteiger partial charge on any atom is -0.349 e. The Morgan fingerprint density at radius 3 is 2.34 bits per heavy atom. The molecule has 7 heteroatoms. The minimum absolute atomic E-state index is 0.00303. The standard InChI is InChI=1S/C22H32N4O3/c1-16(2)22(29)26-13-11-25(12-14-26)15-20(27)24-19-10-6-5-9-18(19)21(28)23-17-7-3-4-8-17/h5-6,9-10,16-17H,3-4,7-8,11-15H2,1-2H3,(H,23,28)(H,24,27). The Balaban J connectivity index is 1.52. The van der Waals surface area contributed by atoms with Crippen LogP contribution in [0, 0.1) is 5.92 Å². The van der Waals surface area contributed by atoms with Crippen molar-refractivity contribution in [1.82, 2.24) is 15.1 Å².